The van der Waals surface area contributed by atoms with Crippen LogP contribution < -0.4 is 5.32 Å². The van der Waals surface area contributed by atoms with Gasteiger partial charge in [0, 0.05) is 30.5 Å². The molecule has 0 bridgehead atoms. The topological polar surface area (TPSA) is 80.2 Å². The summed E-state index contributed by atoms with van der Waals surface area (Å²) >= 11 is 0. The summed E-state index contributed by atoms with van der Waals surface area (Å²) in [5.41, 5.74) is 1.44. The number of aromatic nitrogens is 3. The summed E-state index contributed by atoms with van der Waals surface area (Å²) in [6.45, 7) is 9.08. The first kappa shape index (κ1) is 20.0. The predicted octanol–water partition coefficient (Wildman–Crippen LogP) is 4.11. The molecule has 1 N–H and O–H groups in total. The van der Waals surface area contributed by atoms with Gasteiger partial charge in [0.15, 0.2) is 0 Å². The quantitative estimate of drug-likeness (QED) is 0.856. The van der Waals surface area contributed by atoms with Crippen molar-refractivity contribution in [3.05, 3.63) is 42.0 Å². The van der Waals surface area contributed by atoms with Gasteiger partial charge in [-0.2, -0.15) is 0 Å². The molecule has 2 aromatic heterocycles. The predicted molar refractivity (Wildman–Crippen MR) is 109 cm³/mol. The van der Waals surface area contributed by atoms with E-state index in [1.807, 2.05) is 56.9 Å². The molecule has 2 aromatic rings. The molecule has 1 fully saturated rings. The molecule has 0 aromatic carbocycles. The van der Waals surface area contributed by atoms with Gasteiger partial charge in [-0.1, -0.05) is 6.07 Å². The number of piperidine rings is 1. The number of hydrogen-bond donors (Lipinski definition) is 1. The number of carbonyl (C=O) groups is 1. The second kappa shape index (κ2) is 8.54. The third-order valence-electron chi connectivity index (χ3n) is 4.54. The average Bonchev–Trinajstić information content (AvgIpc) is 2.61. The zero-order valence-corrected chi connectivity index (χ0v) is 17.1. The fourth-order valence-electron chi connectivity index (χ4n) is 3.34. The highest BCUT2D eigenvalue weighted by atomic mass is 16.6. The van der Waals surface area contributed by atoms with Crippen LogP contribution in [-0.2, 0) is 11.2 Å². The monoisotopic (exact) mass is 383 g/mol. The smallest absolute Gasteiger partial charge is 0.410 e. The molecule has 1 saturated heterocycles. The van der Waals surface area contributed by atoms with Gasteiger partial charge < -0.3 is 15.0 Å². The zero-order chi connectivity index (χ0) is 20.1. The number of ether oxygens (including phenoxy) is 1. The van der Waals surface area contributed by atoms with Crippen LogP contribution in [0, 0.1) is 12.8 Å². The molecule has 1 atom stereocenters. The molecule has 0 saturated carbocycles. The van der Waals surface area contributed by atoms with Gasteiger partial charge in [0.1, 0.15) is 23.6 Å². The molecule has 1 aliphatic rings. The maximum absolute atomic E-state index is 12.4. The lowest BCUT2D eigenvalue weighted by Crippen LogP contribution is -2.43. The zero-order valence-electron chi connectivity index (χ0n) is 17.1. The van der Waals surface area contributed by atoms with Crippen molar-refractivity contribution in [3.63, 3.8) is 0 Å². The van der Waals surface area contributed by atoms with Crippen LogP contribution in [0.15, 0.2) is 30.6 Å². The number of nitrogens with one attached hydrogen (secondary N) is 1. The highest BCUT2D eigenvalue weighted by molar-refractivity contribution is 5.68. The Balaban J connectivity index is 1.61. The number of nitrogens with zero attached hydrogens (tertiary/aromatic N) is 4. The number of amides is 1. The van der Waals surface area contributed by atoms with E-state index in [0.717, 1.165) is 48.8 Å². The van der Waals surface area contributed by atoms with E-state index in [9.17, 15) is 4.79 Å². The lowest BCUT2D eigenvalue weighted by Gasteiger charge is -2.34. The minimum Gasteiger partial charge on any atom is -0.444 e. The Bertz CT molecular complexity index is 818. The molecule has 3 heterocycles. The summed E-state index contributed by atoms with van der Waals surface area (Å²) in [6, 6.07) is 7.78. The number of pyridine rings is 1. The summed E-state index contributed by atoms with van der Waals surface area (Å²) in [5, 5.41) is 3.23. The summed E-state index contributed by atoms with van der Waals surface area (Å²) in [7, 11) is 0. The fraction of sp³-hybridized carbons (Fsp3) is 0.524. The van der Waals surface area contributed by atoms with Gasteiger partial charge in [0.2, 0.25) is 0 Å². The first-order valence-corrected chi connectivity index (χ1v) is 9.78. The van der Waals surface area contributed by atoms with Crippen LogP contribution in [0.5, 0.6) is 0 Å². The van der Waals surface area contributed by atoms with E-state index in [-0.39, 0.29) is 6.09 Å². The summed E-state index contributed by atoms with van der Waals surface area (Å²) in [4.78, 5) is 27.3. The molecular weight excluding hydrogens is 354 g/mol. The van der Waals surface area contributed by atoms with Crippen molar-refractivity contribution in [2.45, 2.75) is 52.6 Å². The molecule has 7 heteroatoms. The molecule has 1 aliphatic heterocycles. The molecule has 0 aliphatic carbocycles. The van der Waals surface area contributed by atoms with E-state index in [4.69, 9.17) is 4.74 Å². The minimum absolute atomic E-state index is 0.229. The van der Waals surface area contributed by atoms with Gasteiger partial charge in [-0.15, -0.1) is 0 Å². The van der Waals surface area contributed by atoms with Crippen LogP contribution in [0.1, 0.15) is 45.0 Å². The van der Waals surface area contributed by atoms with Gasteiger partial charge in [0.05, 0.1) is 0 Å². The molecular formula is C21H29N5O2. The third kappa shape index (κ3) is 5.90. The first-order valence-electron chi connectivity index (χ1n) is 9.78. The Morgan fingerprint density at radius 2 is 2.11 bits per heavy atom. The van der Waals surface area contributed by atoms with Crippen LogP contribution >= 0.6 is 0 Å². The fourth-order valence-corrected chi connectivity index (χ4v) is 3.34. The molecule has 1 amide bonds. The SMILES string of the molecule is Cc1cccc(Nc2cc(C[C@H]3CCCN(C(=O)OC(C)(C)C)C3)ncn2)n1. The Morgan fingerprint density at radius 1 is 1.29 bits per heavy atom. The molecule has 0 radical (unpaired) electrons. The van der Waals surface area contributed by atoms with E-state index >= 15 is 0 Å². The van der Waals surface area contributed by atoms with Gasteiger partial charge in [-0.25, -0.2) is 19.7 Å². The largest absolute Gasteiger partial charge is 0.444 e. The van der Waals surface area contributed by atoms with Crippen molar-refractivity contribution in [2.75, 3.05) is 18.4 Å². The Kier molecular flexibility index (Phi) is 6.11. The molecule has 3 rings (SSSR count). The number of rotatable bonds is 4. The van der Waals surface area contributed by atoms with Crippen LogP contribution in [0.25, 0.3) is 0 Å². The Labute approximate surface area is 166 Å². The number of likely N-dealkylation sites (tertiary alicyclic amines) is 1. The van der Waals surface area contributed by atoms with Crippen LogP contribution in [0.4, 0.5) is 16.4 Å². The molecule has 0 unspecified atom stereocenters. The van der Waals surface area contributed by atoms with Gasteiger partial charge in [-0.05, 0) is 65.0 Å². The van der Waals surface area contributed by atoms with E-state index in [1.165, 1.54) is 0 Å². The molecule has 150 valence electrons. The number of carbonyl (C=O) groups excluding carboxylic acids is 1. The second-order valence-corrected chi connectivity index (χ2v) is 8.32. The van der Waals surface area contributed by atoms with Crippen molar-refractivity contribution in [3.8, 4) is 0 Å². The molecule has 0 spiro atoms. The van der Waals surface area contributed by atoms with Gasteiger partial charge in [0.25, 0.3) is 0 Å². The standard InChI is InChI=1S/C21H29N5O2/c1-15-7-5-9-18(24-15)25-19-12-17(22-14-23-19)11-16-8-6-10-26(13-16)20(27)28-21(2,3)4/h5,7,9,12,14,16H,6,8,10-11,13H2,1-4H3,(H,22,23,24,25)/t16-/m1/s1. The maximum Gasteiger partial charge on any atom is 0.410 e. The van der Waals surface area contributed by atoms with Crippen molar-refractivity contribution in [1.29, 1.82) is 0 Å². The lowest BCUT2D eigenvalue weighted by molar-refractivity contribution is 0.0165. The lowest BCUT2D eigenvalue weighted by atomic mass is 9.93. The first-order chi connectivity index (χ1) is 13.3. The van der Waals surface area contributed by atoms with Crippen molar-refractivity contribution >= 4 is 17.7 Å². The van der Waals surface area contributed by atoms with Crippen LogP contribution in [-0.4, -0.2) is 44.6 Å². The Morgan fingerprint density at radius 3 is 2.86 bits per heavy atom. The van der Waals surface area contributed by atoms with Crippen molar-refractivity contribution < 1.29 is 9.53 Å². The van der Waals surface area contributed by atoms with Gasteiger partial charge in [-0.3, -0.25) is 0 Å². The van der Waals surface area contributed by atoms with Crippen molar-refractivity contribution in [2.24, 2.45) is 5.92 Å². The van der Waals surface area contributed by atoms with Crippen LogP contribution in [0.2, 0.25) is 0 Å². The number of hydrogen-bond acceptors (Lipinski definition) is 6. The number of aryl methyl sites for hydroxylation is 1. The highest BCUT2D eigenvalue weighted by Crippen LogP contribution is 2.23. The summed E-state index contributed by atoms with van der Waals surface area (Å²) < 4.78 is 5.52. The molecule has 28 heavy (non-hydrogen) atoms. The summed E-state index contributed by atoms with van der Waals surface area (Å²) in [6.07, 6.45) is 4.20. The second-order valence-electron chi connectivity index (χ2n) is 8.32. The summed E-state index contributed by atoms with van der Waals surface area (Å²) in [5.74, 6) is 1.85. The van der Waals surface area contributed by atoms with E-state index in [2.05, 4.69) is 20.3 Å². The molecule has 7 nitrogen and oxygen atoms in total. The Hall–Kier alpha value is -2.70. The highest BCUT2D eigenvalue weighted by Gasteiger charge is 2.27. The van der Waals surface area contributed by atoms with E-state index in [1.54, 1.807) is 6.33 Å². The normalized spacial score (nSPS) is 17.3. The average molecular weight is 383 g/mol. The maximum atomic E-state index is 12.4. The van der Waals surface area contributed by atoms with E-state index < -0.39 is 5.60 Å². The third-order valence-corrected chi connectivity index (χ3v) is 4.54. The minimum atomic E-state index is -0.471. The van der Waals surface area contributed by atoms with Crippen molar-refractivity contribution in [1.82, 2.24) is 19.9 Å². The van der Waals surface area contributed by atoms with Gasteiger partial charge >= 0.3 is 6.09 Å². The van der Waals surface area contributed by atoms with E-state index in [0.29, 0.717) is 12.5 Å². The van der Waals surface area contributed by atoms with Crippen LogP contribution in [0.3, 0.4) is 0 Å². The number of anilines is 2.